The van der Waals surface area contributed by atoms with Gasteiger partial charge in [-0.05, 0) is 24.6 Å². The fourth-order valence-corrected chi connectivity index (χ4v) is 2.84. The summed E-state index contributed by atoms with van der Waals surface area (Å²) < 4.78 is 1.69. The summed E-state index contributed by atoms with van der Waals surface area (Å²) in [7, 11) is 0. The summed E-state index contributed by atoms with van der Waals surface area (Å²) in [4.78, 5) is 14.1. The molecule has 20 heavy (non-hydrogen) atoms. The van der Waals surface area contributed by atoms with Crippen molar-refractivity contribution in [3.05, 3.63) is 64.6 Å². The fourth-order valence-electron chi connectivity index (χ4n) is 2.04. The molecule has 0 spiro atoms. The van der Waals surface area contributed by atoms with Crippen LogP contribution in [0, 0.1) is 6.92 Å². The number of benzene rings is 1. The number of Topliss-reactive ketones (excluding diaryl/α,β-unsaturated/α-hetero) is 1. The quantitative estimate of drug-likeness (QED) is 0.682. The minimum absolute atomic E-state index is 0.103. The third kappa shape index (κ3) is 2.70. The number of aromatic nitrogens is 2. The first-order valence-electron chi connectivity index (χ1n) is 6.40. The predicted octanol–water partition coefficient (Wildman–Crippen LogP) is 3.80. The van der Waals surface area contributed by atoms with Crippen molar-refractivity contribution in [2.45, 2.75) is 13.5 Å². The standard InChI is InChI=1S/C16H14N2OS/c1-12-7-8-16(20-12)15(19)11-18-10-14(9-17-18)13-5-3-2-4-6-13/h2-10H,11H2,1H3. The summed E-state index contributed by atoms with van der Waals surface area (Å²) in [5.41, 5.74) is 2.14. The fraction of sp³-hybridized carbons (Fsp3) is 0.125. The van der Waals surface area contributed by atoms with E-state index >= 15 is 0 Å². The van der Waals surface area contributed by atoms with Gasteiger partial charge in [0, 0.05) is 16.6 Å². The molecule has 0 fully saturated rings. The molecule has 2 heterocycles. The van der Waals surface area contributed by atoms with Crippen LogP contribution in [0.3, 0.4) is 0 Å². The van der Waals surface area contributed by atoms with E-state index in [2.05, 4.69) is 5.10 Å². The number of carbonyl (C=O) groups excluding carboxylic acids is 1. The van der Waals surface area contributed by atoms with E-state index < -0.39 is 0 Å². The van der Waals surface area contributed by atoms with Crippen molar-refractivity contribution in [2.24, 2.45) is 0 Å². The van der Waals surface area contributed by atoms with Gasteiger partial charge in [0.15, 0.2) is 5.78 Å². The molecule has 0 saturated heterocycles. The van der Waals surface area contributed by atoms with Crippen LogP contribution in [0.15, 0.2) is 54.9 Å². The summed E-state index contributed by atoms with van der Waals surface area (Å²) in [6.45, 7) is 2.29. The number of ketones is 1. The third-order valence-corrected chi connectivity index (χ3v) is 4.10. The number of hydrogen-bond donors (Lipinski definition) is 0. The largest absolute Gasteiger partial charge is 0.291 e. The van der Waals surface area contributed by atoms with E-state index in [1.807, 2.05) is 55.6 Å². The zero-order valence-electron chi connectivity index (χ0n) is 11.1. The molecule has 3 nitrogen and oxygen atoms in total. The maximum atomic E-state index is 12.1. The number of nitrogens with zero attached hydrogens (tertiary/aromatic N) is 2. The molecule has 0 bridgehead atoms. The van der Waals surface area contributed by atoms with Gasteiger partial charge in [-0.3, -0.25) is 9.48 Å². The van der Waals surface area contributed by atoms with Gasteiger partial charge in [-0.1, -0.05) is 30.3 Å². The van der Waals surface area contributed by atoms with E-state index in [9.17, 15) is 4.79 Å². The van der Waals surface area contributed by atoms with Gasteiger partial charge in [-0.15, -0.1) is 11.3 Å². The summed E-state index contributed by atoms with van der Waals surface area (Å²) in [5.74, 6) is 0.103. The molecular formula is C16H14N2OS. The second-order valence-electron chi connectivity index (χ2n) is 4.63. The van der Waals surface area contributed by atoms with Crippen LogP contribution in [-0.2, 0) is 6.54 Å². The van der Waals surface area contributed by atoms with Crippen LogP contribution in [0.25, 0.3) is 11.1 Å². The van der Waals surface area contributed by atoms with Gasteiger partial charge in [-0.25, -0.2) is 0 Å². The normalized spacial score (nSPS) is 10.7. The van der Waals surface area contributed by atoms with Gasteiger partial charge in [0.1, 0.15) is 6.54 Å². The SMILES string of the molecule is Cc1ccc(C(=O)Cn2cc(-c3ccccc3)cn2)s1. The summed E-state index contributed by atoms with van der Waals surface area (Å²) in [6.07, 6.45) is 3.70. The van der Waals surface area contributed by atoms with Gasteiger partial charge in [0.25, 0.3) is 0 Å². The molecule has 0 amide bonds. The number of aryl methyl sites for hydroxylation is 1. The van der Waals surface area contributed by atoms with E-state index in [-0.39, 0.29) is 12.3 Å². The summed E-state index contributed by atoms with van der Waals surface area (Å²) in [5, 5.41) is 4.27. The van der Waals surface area contributed by atoms with Crippen LogP contribution in [0.5, 0.6) is 0 Å². The van der Waals surface area contributed by atoms with Crippen molar-refractivity contribution >= 4 is 17.1 Å². The lowest BCUT2D eigenvalue weighted by Crippen LogP contribution is -2.09. The third-order valence-electron chi connectivity index (χ3n) is 3.06. The number of hydrogen-bond acceptors (Lipinski definition) is 3. The van der Waals surface area contributed by atoms with Gasteiger partial charge >= 0.3 is 0 Å². The molecule has 4 heteroatoms. The lowest BCUT2D eigenvalue weighted by molar-refractivity contribution is 0.0971. The van der Waals surface area contributed by atoms with Gasteiger partial charge in [0.05, 0.1) is 11.1 Å². The Bertz CT molecular complexity index is 728. The maximum Gasteiger partial charge on any atom is 0.194 e. The summed E-state index contributed by atoms with van der Waals surface area (Å²) in [6, 6.07) is 13.9. The minimum Gasteiger partial charge on any atom is -0.291 e. The Morgan fingerprint density at radius 2 is 1.95 bits per heavy atom. The Balaban J connectivity index is 1.76. The Hall–Kier alpha value is -2.20. The smallest absolute Gasteiger partial charge is 0.194 e. The van der Waals surface area contributed by atoms with E-state index in [4.69, 9.17) is 0 Å². The molecule has 0 saturated carbocycles. The van der Waals surface area contributed by atoms with Crippen LogP contribution in [0.1, 0.15) is 14.5 Å². The Morgan fingerprint density at radius 3 is 2.65 bits per heavy atom. The predicted molar refractivity (Wildman–Crippen MR) is 81.0 cm³/mol. The molecule has 2 aromatic heterocycles. The first-order valence-corrected chi connectivity index (χ1v) is 7.21. The van der Waals surface area contributed by atoms with Crippen molar-refractivity contribution in [2.75, 3.05) is 0 Å². The van der Waals surface area contributed by atoms with Gasteiger partial charge < -0.3 is 0 Å². The van der Waals surface area contributed by atoms with E-state index in [1.165, 1.54) is 11.3 Å². The number of thiophene rings is 1. The van der Waals surface area contributed by atoms with E-state index in [0.717, 1.165) is 20.9 Å². The van der Waals surface area contributed by atoms with Crippen molar-refractivity contribution < 1.29 is 4.79 Å². The molecule has 0 aliphatic carbocycles. The highest BCUT2D eigenvalue weighted by Gasteiger charge is 2.10. The number of carbonyl (C=O) groups is 1. The van der Waals surface area contributed by atoms with Crippen molar-refractivity contribution in [1.29, 1.82) is 0 Å². The van der Waals surface area contributed by atoms with Crippen LogP contribution in [-0.4, -0.2) is 15.6 Å². The van der Waals surface area contributed by atoms with Gasteiger partial charge in [-0.2, -0.15) is 5.10 Å². The van der Waals surface area contributed by atoms with Gasteiger partial charge in [0.2, 0.25) is 0 Å². The Morgan fingerprint density at radius 1 is 1.15 bits per heavy atom. The zero-order chi connectivity index (χ0) is 13.9. The van der Waals surface area contributed by atoms with Crippen LogP contribution < -0.4 is 0 Å². The Kier molecular flexibility index (Phi) is 3.48. The summed E-state index contributed by atoms with van der Waals surface area (Å²) >= 11 is 1.53. The highest BCUT2D eigenvalue weighted by atomic mass is 32.1. The van der Waals surface area contributed by atoms with E-state index in [1.54, 1.807) is 10.9 Å². The second kappa shape index (κ2) is 5.43. The lowest BCUT2D eigenvalue weighted by Gasteiger charge is -1.98. The zero-order valence-corrected chi connectivity index (χ0v) is 11.9. The maximum absolute atomic E-state index is 12.1. The molecule has 0 N–H and O–H groups in total. The molecule has 1 aromatic carbocycles. The number of rotatable bonds is 4. The molecule has 0 aliphatic rings. The van der Waals surface area contributed by atoms with Crippen molar-refractivity contribution in [3.8, 4) is 11.1 Å². The molecule has 3 rings (SSSR count). The molecule has 0 radical (unpaired) electrons. The average Bonchev–Trinajstić information content (AvgIpc) is 3.09. The highest BCUT2D eigenvalue weighted by Crippen LogP contribution is 2.19. The van der Waals surface area contributed by atoms with Crippen molar-refractivity contribution in [1.82, 2.24) is 9.78 Å². The second-order valence-corrected chi connectivity index (χ2v) is 5.91. The Labute approximate surface area is 121 Å². The first-order chi connectivity index (χ1) is 9.72. The van der Waals surface area contributed by atoms with Crippen LogP contribution >= 0.6 is 11.3 Å². The van der Waals surface area contributed by atoms with E-state index in [0.29, 0.717) is 0 Å². The highest BCUT2D eigenvalue weighted by molar-refractivity contribution is 7.14. The lowest BCUT2D eigenvalue weighted by atomic mass is 10.1. The topological polar surface area (TPSA) is 34.9 Å². The van der Waals surface area contributed by atoms with Crippen LogP contribution in [0.2, 0.25) is 0 Å². The molecule has 0 unspecified atom stereocenters. The minimum atomic E-state index is 0.103. The molecular weight excluding hydrogens is 268 g/mol. The monoisotopic (exact) mass is 282 g/mol. The average molecular weight is 282 g/mol. The van der Waals surface area contributed by atoms with Crippen LogP contribution in [0.4, 0.5) is 0 Å². The molecule has 0 aliphatic heterocycles. The molecule has 0 atom stereocenters. The van der Waals surface area contributed by atoms with Crippen molar-refractivity contribution in [3.63, 3.8) is 0 Å². The first kappa shape index (κ1) is 12.8. The molecule has 100 valence electrons. The molecule has 3 aromatic rings.